The number of carbonyl (C=O) groups is 1. The Balaban J connectivity index is 1.77. The van der Waals surface area contributed by atoms with Crippen LogP contribution in [0.2, 0.25) is 5.28 Å². The lowest BCUT2D eigenvalue weighted by atomic mass is 10.1. The largest absolute Gasteiger partial charge is 0.340 e. The zero-order valence-corrected chi connectivity index (χ0v) is 14.1. The standard InChI is InChI=1S/C17H14ClN3OS/c1-9(22)10-5-7-11(8-6-10)19-15-14-12-3-2-4-13(12)23-16(14)21-17(18)20-15/h5-8H,2-4H2,1H3,(H,19,20,21). The predicted octanol–water partition coefficient (Wildman–Crippen LogP) is 4.78. The number of rotatable bonds is 3. The molecule has 2 aromatic heterocycles. The van der Waals surface area contributed by atoms with E-state index in [1.54, 1.807) is 18.3 Å². The van der Waals surface area contributed by atoms with Crippen molar-refractivity contribution in [1.82, 2.24) is 9.97 Å². The molecule has 2 heterocycles. The molecule has 0 radical (unpaired) electrons. The Morgan fingerprint density at radius 3 is 2.74 bits per heavy atom. The van der Waals surface area contributed by atoms with Gasteiger partial charge in [0.1, 0.15) is 10.6 Å². The normalized spacial score (nSPS) is 13.3. The van der Waals surface area contributed by atoms with Crippen molar-refractivity contribution >= 4 is 50.4 Å². The summed E-state index contributed by atoms with van der Waals surface area (Å²) in [6, 6.07) is 7.38. The molecule has 0 fully saturated rings. The number of halogens is 1. The number of ketones is 1. The van der Waals surface area contributed by atoms with Crippen molar-refractivity contribution in [1.29, 1.82) is 0 Å². The molecule has 1 aliphatic rings. The van der Waals surface area contributed by atoms with E-state index in [0.29, 0.717) is 5.56 Å². The van der Waals surface area contributed by atoms with Crippen LogP contribution in [0.3, 0.4) is 0 Å². The summed E-state index contributed by atoms with van der Waals surface area (Å²) >= 11 is 7.79. The maximum absolute atomic E-state index is 11.4. The van der Waals surface area contributed by atoms with Gasteiger partial charge in [0.25, 0.3) is 0 Å². The number of aromatic nitrogens is 2. The fourth-order valence-corrected chi connectivity index (χ4v) is 4.47. The molecular weight excluding hydrogens is 330 g/mol. The molecule has 0 aliphatic heterocycles. The molecule has 0 amide bonds. The minimum absolute atomic E-state index is 0.0553. The minimum atomic E-state index is 0.0553. The molecule has 0 saturated heterocycles. The molecule has 0 bridgehead atoms. The first-order chi connectivity index (χ1) is 11.1. The summed E-state index contributed by atoms with van der Waals surface area (Å²) in [4.78, 5) is 22.5. The molecule has 0 spiro atoms. The molecular formula is C17H14ClN3OS. The van der Waals surface area contributed by atoms with Crippen LogP contribution >= 0.6 is 22.9 Å². The van der Waals surface area contributed by atoms with E-state index in [4.69, 9.17) is 11.6 Å². The number of carbonyl (C=O) groups excluding carboxylic acids is 1. The second-order valence-electron chi connectivity index (χ2n) is 5.64. The van der Waals surface area contributed by atoms with Gasteiger partial charge in [0.05, 0.1) is 5.39 Å². The van der Waals surface area contributed by atoms with E-state index in [0.717, 1.165) is 34.6 Å². The van der Waals surface area contributed by atoms with Crippen LogP contribution < -0.4 is 5.32 Å². The van der Waals surface area contributed by atoms with Crippen molar-refractivity contribution in [3.05, 3.63) is 45.6 Å². The van der Waals surface area contributed by atoms with Crippen molar-refractivity contribution in [2.24, 2.45) is 0 Å². The maximum atomic E-state index is 11.4. The highest BCUT2D eigenvalue weighted by Crippen LogP contribution is 2.40. The van der Waals surface area contributed by atoms with Gasteiger partial charge in [-0.25, -0.2) is 4.98 Å². The van der Waals surface area contributed by atoms with E-state index in [1.165, 1.54) is 16.9 Å². The number of nitrogens with zero attached hydrogens (tertiary/aromatic N) is 2. The van der Waals surface area contributed by atoms with E-state index in [1.807, 2.05) is 24.3 Å². The Bertz CT molecular complexity index is 918. The Morgan fingerprint density at radius 1 is 1.22 bits per heavy atom. The molecule has 1 aromatic carbocycles. The summed E-state index contributed by atoms with van der Waals surface area (Å²) in [5.74, 6) is 0.801. The summed E-state index contributed by atoms with van der Waals surface area (Å²) < 4.78 is 0. The number of anilines is 2. The van der Waals surface area contributed by atoms with Gasteiger partial charge in [-0.15, -0.1) is 11.3 Å². The third-order valence-electron chi connectivity index (χ3n) is 4.09. The fraction of sp³-hybridized carbons (Fsp3) is 0.235. The van der Waals surface area contributed by atoms with Gasteiger partial charge < -0.3 is 5.32 Å². The number of fused-ring (bicyclic) bond motifs is 3. The summed E-state index contributed by atoms with van der Waals surface area (Å²) in [5, 5.41) is 4.67. The fourth-order valence-electron chi connectivity index (χ4n) is 2.99. The van der Waals surface area contributed by atoms with Crippen LogP contribution in [-0.2, 0) is 12.8 Å². The van der Waals surface area contributed by atoms with Gasteiger partial charge in [-0.1, -0.05) is 0 Å². The number of benzene rings is 1. The molecule has 1 N–H and O–H groups in total. The SMILES string of the molecule is CC(=O)c1ccc(Nc2nc(Cl)nc3sc4c(c23)CCC4)cc1. The highest BCUT2D eigenvalue weighted by atomic mass is 35.5. The van der Waals surface area contributed by atoms with Gasteiger partial charge in [0.15, 0.2) is 5.78 Å². The average Bonchev–Trinajstić information content (AvgIpc) is 3.07. The Labute approximate surface area is 142 Å². The molecule has 0 unspecified atom stereocenters. The lowest BCUT2D eigenvalue weighted by molar-refractivity contribution is 0.101. The molecule has 23 heavy (non-hydrogen) atoms. The van der Waals surface area contributed by atoms with E-state index in [2.05, 4.69) is 15.3 Å². The van der Waals surface area contributed by atoms with Gasteiger partial charge in [-0.05, 0) is 67.6 Å². The van der Waals surface area contributed by atoms with Crippen LogP contribution in [0.5, 0.6) is 0 Å². The summed E-state index contributed by atoms with van der Waals surface area (Å²) in [5.41, 5.74) is 2.92. The second-order valence-corrected chi connectivity index (χ2v) is 7.06. The van der Waals surface area contributed by atoms with Crippen molar-refractivity contribution in [2.75, 3.05) is 5.32 Å². The smallest absolute Gasteiger partial charge is 0.225 e. The predicted molar refractivity (Wildman–Crippen MR) is 94.2 cm³/mol. The summed E-state index contributed by atoms with van der Waals surface area (Å²) in [6.07, 6.45) is 3.37. The number of aryl methyl sites for hydroxylation is 2. The lowest BCUT2D eigenvalue weighted by Gasteiger charge is -2.09. The van der Waals surface area contributed by atoms with Crippen LogP contribution in [-0.4, -0.2) is 15.8 Å². The highest BCUT2D eigenvalue weighted by Gasteiger charge is 2.22. The Kier molecular flexibility index (Phi) is 3.54. The average molecular weight is 344 g/mol. The van der Waals surface area contributed by atoms with Crippen molar-refractivity contribution < 1.29 is 4.79 Å². The topological polar surface area (TPSA) is 54.9 Å². The number of hydrogen-bond acceptors (Lipinski definition) is 5. The first kappa shape index (κ1) is 14.6. The summed E-state index contributed by atoms with van der Waals surface area (Å²) in [6.45, 7) is 1.56. The van der Waals surface area contributed by atoms with Crippen molar-refractivity contribution in [3.8, 4) is 0 Å². The third-order valence-corrected chi connectivity index (χ3v) is 5.45. The molecule has 0 atom stereocenters. The van der Waals surface area contributed by atoms with Crippen LogP contribution in [0.25, 0.3) is 10.2 Å². The van der Waals surface area contributed by atoms with Gasteiger partial charge in [-0.3, -0.25) is 4.79 Å². The van der Waals surface area contributed by atoms with Crippen LogP contribution in [0.1, 0.15) is 34.1 Å². The molecule has 6 heteroatoms. The third kappa shape index (κ3) is 2.60. The monoisotopic (exact) mass is 343 g/mol. The first-order valence-electron chi connectivity index (χ1n) is 7.47. The van der Waals surface area contributed by atoms with Gasteiger partial charge in [-0.2, -0.15) is 4.98 Å². The van der Waals surface area contributed by atoms with E-state index in [-0.39, 0.29) is 11.1 Å². The van der Waals surface area contributed by atoms with Crippen LogP contribution in [0.15, 0.2) is 24.3 Å². The zero-order chi connectivity index (χ0) is 16.0. The molecule has 1 aliphatic carbocycles. The molecule has 0 saturated carbocycles. The zero-order valence-electron chi connectivity index (χ0n) is 12.5. The van der Waals surface area contributed by atoms with Crippen molar-refractivity contribution in [2.45, 2.75) is 26.2 Å². The second kappa shape index (κ2) is 5.58. The Hall–Kier alpha value is -1.98. The highest BCUT2D eigenvalue weighted by molar-refractivity contribution is 7.19. The van der Waals surface area contributed by atoms with E-state index >= 15 is 0 Å². The first-order valence-corrected chi connectivity index (χ1v) is 8.67. The van der Waals surface area contributed by atoms with Crippen LogP contribution in [0, 0.1) is 0 Å². The minimum Gasteiger partial charge on any atom is -0.340 e. The number of Topliss-reactive ketones (excluding diaryl/α,β-unsaturated/α-hetero) is 1. The molecule has 116 valence electrons. The van der Waals surface area contributed by atoms with E-state index < -0.39 is 0 Å². The molecule has 4 nitrogen and oxygen atoms in total. The molecule has 4 rings (SSSR count). The lowest BCUT2D eigenvalue weighted by Crippen LogP contribution is -1.98. The Morgan fingerprint density at radius 2 is 2.00 bits per heavy atom. The number of thiophene rings is 1. The van der Waals surface area contributed by atoms with Crippen LogP contribution in [0.4, 0.5) is 11.5 Å². The number of hydrogen-bond donors (Lipinski definition) is 1. The summed E-state index contributed by atoms with van der Waals surface area (Å²) in [7, 11) is 0. The van der Waals surface area contributed by atoms with E-state index in [9.17, 15) is 4.79 Å². The molecule has 3 aromatic rings. The van der Waals surface area contributed by atoms with Crippen molar-refractivity contribution in [3.63, 3.8) is 0 Å². The maximum Gasteiger partial charge on any atom is 0.225 e. The van der Waals surface area contributed by atoms with Gasteiger partial charge >= 0.3 is 0 Å². The van der Waals surface area contributed by atoms with Gasteiger partial charge in [0.2, 0.25) is 5.28 Å². The quantitative estimate of drug-likeness (QED) is 0.549. The van der Waals surface area contributed by atoms with Gasteiger partial charge in [0, 0.05) is 16.1 Å². The number of nitrogens with one attached hydrogen (secondary N) is 1.